The van der Waals surface area contributed by atoms with E-state index in [0.717, 1.165) is 6.07 Å². The predicted octanol–water partition coefficient (Wildman–Crippen LogP) is 4.07. The Bertz CT molecular complexity index is 652. The lowest BCUT2D eigenvalue weighted by Crippen LogP contribution is -1.97. The number of nitriles is 1. The van der Waals surface area contributed by atoms with Gasteiger partial charge in [-0.1, -0.05) is 17.7 Å². The van der Waals surface area contributed by atoms with E-state index in [1.165, 1.54) is 24.3 Å². The van der Waals surface area contributed by atoms with Crippen LogP contribution in [-0.2, 0) is 6.61 Å². The van der Waals surface area contributed by atoms with Crippen molar-refractivity contribution in [1.29, 1.82) is 5.26 Å². The zero-order valence-corrected chi connectivity index (χ0v) is 10.4. The SMILES string of the molecule is N#Cc1ccc(OCc2ccc(Cl)c(F)c2)cc1F. The summed E-state index contributed by atoms with van der Waals surface area (Å²) < 4.78 is 31.8. The molecule has 0 unspecified atom stereocenters. The van der Waals surface area contributed by atoms with Crippen LogP contribution in [0.5, 0.6) is 5.75 Å². The molecule has 0 aliphatic carbocycles. The van der Waals surface area contributed by atoms with Crippen LogP contribution in [0.3, 0.4) is 0 Å². The van der Waals surface area contributed by atoms with Crippen molar-refractivity contribution >= 4 is 11.6 Å². The van der Waals surface area contributed by atoms with Crippen molar-refractivity contribution in [3.8, 4) is 11.8 Å². The third-order valence-electron chi connectivity index (χ3n) is 2.45. The fraction of sp³-hybridized carbons (Fsp3) is 0.0714. The van der Waals surface area contributed by atoms with Crippen molar-refractivity contribution in [1.82, 2.24) is 0 Å². The second kappa shape index (κ2) is 5.68. The first kappa shape index (κ1) is 13.3. The highest BCUT2D eigenvalue weighted by Crippen LogP contribution is 2.19. The number of rotatable bonds is 3. The lowest BCUT2D eigenvalue weighted by Gasteiger charge is -2.07. The third-order valence-corrected chi connectivity index (χ3v) is 2.76. The Labute approximate surface area is 113 Å². The number of hydrogen-bond acceptors (Lipinski definition) is 2. The van der Waals surface area contributed by atoms with Crippen LogP contribution in [0.1, 0.15) is 11.1 Å². The largest absolute Gasteiger partial charge is 0.489 e. The van der Waals surface area contributed by atoms with Crippen molar-refractivity contribution in [2.75, 3.05) is 0 Å². The molecule has 0 atom stereocenters. The van der Waals surface area contributed by atoms with Crippen LogP contribution in [0, 0.1) is 23.0 Å². The highest BCUT2D eigenvalue weighted by molar-refractivity contribution is 6.30. The Morgan fingerprint density at radius 3 is 2.53 bits per heavy atom. The maximum atomic E-state index is 13.3. The molecule has 2 rings (SSSR count). The summed E-state index contributed by atoms with van der Waals surface area (Å²) in [6.07, 6.45) is 0. The molecule has 0 amide bonds. The smallest absolute Gasteiger partial charge is 0.144 e. The Morgan fingerprint density at radius 1 is 1.11 bits per heavy atom. The van der Waals surface area contributed by atoms with Crippen LogP contribution in [0.4, 0.5) is 8.78 Å². The lowest BCUT2D eigenvalue weighted by atomic mass is 10.2. The highest BCUT2D eigenvalue weighted by Gasteiger charge is 2.05. The number of hydrogen-bond donors (Lipinski definition) is 0. The second-order valence-electron chi connectivity index (χ2n) is 3.79. The van der Waals surface area contributed by atoms with E-state index in [4.69, 9.17) is 21.6 Å². The predicted molar refractivity (Wildman–Crippen MR) is 66.9 cm³/mol. The number of halogens is 3. The summed E-state index contributed by atoms with van der Waals surface area (Å²) in [7, 11) is 0. The molecular formula is C14H8ClF2NO. The van der Waals surface area contributed by atoms with E-state index in [-0.39, 0.29) is 22.9 Å². The summed E-state index contributed by atoms with van der Waals surface area (Å²) in [5.41, 5.74) is 0.525. The summed E-state index contributed by atoms with van der Waals surface area (Å²) in [5, 5.41) is 8.62. The summed E-state index contributed by atoms with van der Waals surface area (Å²) in [6, 6.07) is 9.93. The van der Waals surface area contributed by atoms with Crippen LogP contribution in [0.15, 0.2) is 36.4 Å². The zero-order valence-electron chi connectivity index (χ0n) is 9.66. The number of nitrogens with zero attached hydrogens (tertiary/aromatic N) is 1. The third kappa shape index (κ3) is 3.21. The van der Waals surface area contributed by atoms with Gasteiger partial charge < -0.3 is 4.74 Å². The van der Waals surface area contributed by atoms with Gasteiger partial charge in [-0.05, 0) is 29.8 Å². The van der Waals surface area contributed by atoms with Gasteiger partial charge in [0.05, 0.1) is 10.6 Å². The minimum atomic E-state index is -0.651. The molecule has 2 aromatic carbocycles. The highest BCUT2D eigenvalue weighted by atomic mass is 35.5. The Kier molecular flexibility index (Phi) is 3.98. The van der Waals surface area contributed by atoms with Gasteiger partial charge >= 0.3 is 0 Å². The molecule has 0 aliphatic heterocycles. The van der Waals surface area contributed by atoms with Gasteiger partial charge in [0.25, 0.3) is 0 Å². The molecule has 0 radical (unpaired) electrons. The zero-order chi connectivity index (χ0) is 13.8. The van der Waals surface area contributed by atoms with Gasteiger partial charge in [-0.25, -0.2) is 8.78 Å². The Hall–Kier alpha value is -2.12. The minimum absolute atomic E-state index is 0.0353. The molecule has 96 valence electrons. The molecule has 19 heavy (non-hydrogen) atoms. The van der Waals surface area contributed by atoms with E-state index in [2.05, 4.69) is 0 Å². The van der Waals surface area contributed by atoms with Gasteiger partial charge in [-0.2, -0.15) is 5.26 Å². The van der Waals surface area contributed by atoms with Gasteiger partial charge in [-0.3, -0.25) is 0 Å². The van der Waals surface area contributed by atoms with E-state index in [1.54, 1.807) is 12.1 Å². The molecule has 0 aliphatic rings. The molecule has 2 nitrogen and oxygen atoms in total. The van der Waals surface area contributed by atoms with E-state index in [0.29, 0.717) is 5.56 Å². The van der Waals surface area contributed by atoms with Gasteiger partial charge in [0, 0.05) is 6.07 Å². The summed E-state index contributed by atoms with van der Waals surface area (Å²) in [6.45, 7) is 0.0828. The van der Waals surface area contributed by atoms with Crippen molar-refractivity contribution in [2.24, 2.45) is 0 Å². The Morgan fingerprint density at radius 2 is 1.89 bits per heavy atom. The topological polar surface area (TPSA) is 33.0 Å². The molecule has 0 aromatic heterocycles. The molecule has 0 spiro atoms. The van der Waals surface area contributed by atoms with Crippen LogP contribution in [0.25, 0.3) is 0 Å². The summed E-state index contributed by atoms with van der Waals surface area (Å²) in [5.74, 6) is -0.914. The summed E-state index contributed by atoms with van der Waals surface area (Å²) in [4.78, 5) is 0. The monoisotopic (exact) mass is 279 g/mol. The van der Waals surface area contributed by atoms with E-state index >= 15 is 0 Å². The quantitative estimate of drug-likeness (QED) is 0.848. The average molecular weight is 280 g/mol. The second-order valence-corrected chi connectivity index (χ2v) is 4.20. The molecule has 5 heteroatoms. The first-order chi connectivity index (χ1) is 9.10. The van der Waals surface area contributed by atoms with Gasteiger partial charge in [0.15, 0.2) is 0 Å². The van der Waals surface area contributed by atoms with Crippen molar-refractivity contribution < 1.29 is 13.5 Å². The van der Waals surface area contributed by atoms with Crippen LogP contribution < -0.4 is 4.74 Å². The lowest BCUT2D eigenvalue weighted by molar-refractivity contribution is 0.304. The molecule has 2 aromatic rings. The van der Waals surface area contributed by atoms with E-state index in [1.807, 2.05) is 0 Å². The molecule has 0 N–H and O–H groups in total. The fourth-order valence-corrected chi connectivity index (χ4v) is 1.59. The standard InChI is InChI=1S/C14H8ClF2NO/c15-12-4-1-9(5-14(12)17)8-19-11-3-2-10(7-18)13(16)6-11/h1-6H,8H2. The maximum absolute atomic E-state index is 13.3. The molecular weight excluding hydrogens is 272 g/mol. The van der Waals surface area contributed by atoms with E-state index in [9.17, 15) is 8.78 Å². The van der Waals surface area contributed by atoms with Crippen molar-refractivity contribution in [3.63, 3.8) is 0 Å². The fourth-order valence-electron chi connectivity index (χ4n) is 1.47. The molecule has 0 saturated carbocycles. The molecule has 0 heterocycles. The van der Waals surface area contributed by atoms with Crippen LogP contribution in [0.2, 0.25) is 5.02 Å². The van der Waals surface area contributed by atoms with Gasteiger partial charge in [0.1, 0.15) is 30.1 Å². The first-order valence-corrected chi connectivity index (χ1v) is 5.74. The van der Waals surface area contributed by atoms with Crippen LogP contribution >= 0.6 is 11.6 Å². The average Bonchev–Trinajstić information content (AvgIpc) is 2.40. The van der Waals surface area contributed by atoms with Crippen LogP contribution in [-0.4, -0.2) is 0 Å². The van der Waals surface area contributed by atoms with Gasteiger partial charge in [-0.15, -0.1) is 0 Å². The summed E-state index contributed by atoms with van der Waals surface area (Å²) >= 11 is 5.56. The normalized spacial score (nSPS) is 10.0. The van der Waals surface area contributed by atoms with Gasteiger partial charge in [0.2, 0.25) is 0 Å². The van der Waals surface area contributed by atoms with E-state index < -0.39 is 11.6 Å². The molecule has 0 fully saturated rings. The minimum Gasteiger partial charge on any atom is -0.489 e. The molecule has 0 saturated heterocycles. The molecule has 0 bridgehead atoms. The number of benzene rings is 2. The Balaban J connectivity index is 2.08. The van der Waals surface area contributed by atoms with Crippen molar-refractivity contribution in [2.45, 2.75) is 6.61 Å². The number of ether oxygens (including phenoxy) is 1. The van der Waals surface area contributed by atoms with Crippen molar-refractivity contribution in [3.05, 3.63) is 64.2 Å². The maximum Gasteiger partial charge on any atom is 0.144 e. The first-order valence-electron chi connectivity index (χ1n) is 5.36.